The molecule has 1 rings (SSSR count). The SMILES string of the molecule is CCCCCCOc1ccc(C)cc1/C(C)=N/O. The van der Waals surface area contributed by atoms with E-state index in [0.29, 0.717) is 5.71 Å². The van der Waals surface area contributed by atoms with Crippen molar-refractivity contribution in [3.63, 3.8) is 0 Å². The predicted molar refractivity (Wildman–Crippen MR) is 74.8 cm³/mol. The van der Waals surface area contributed by atoms with Crippen LogP contribution in [0.3, 0.4) is 0 Å². The second-order valence-corrected chi connectivity index (χ2v) is 4.59. The van der Waals surface area contributed by atoms with Crippen LogP contribution in [0.1, 0.15) is 50.7 Å². The highest BCUT2D eigenvalue weighted by Crippen LogP contribution is 2.21. The van der Waals surface area contributed by atoms with Crippen molar-refractivity contribution in [1.29, 1.82) is 0 Å². The molecule has 1 N–H and O–H groups in total. The van der Waals surface area contributed by atoms with Gasteiger partial charge in [-0.1, -0.05) is 43.0 Å². The van der Waals surface area contributed by atoms with Gasteiger partial charge >= 0.3 is 0 Å². The van der Waals surface area contributed by atoms with Crippen LogP contribution >= 0.6 is 0 Å². The summed E-state index contributed by atoms with van der Waals surface area (Å²) in [7, 11) is 0. The van der Waals surface area contributed by atoms with Crippen molar-refractivity contribution >= 4 is 5.71 Å². The smallest absolute Gasteiger partial charge is 0.128 e. The number of hydrogen-bond donors (Lipinski definition) is 1. The van der Waals surface area contributed by atoms with Gasteiger partial charge in [0.15, 0.2) is 0 Å². The minimum Gasteiger partial charge on any atom is -0.493 e. The third-order valence-corrected chi connectivity index (χ3v) is 2.93. The lowest BCUT2D eigenvalue weighted by Gasteiger charge is -2.11. The molecule has 0 unspecified atom stereocenters. The van der Waals surface area contributed by atoms with Gasteiger partial charge in [-0.3, -0.25) is 0 Å². The highest BCUT2D eigenvalue weighted by Gasteiger charge is 2.07. The summed E-state index contributed by atoms with van der Waals surface area (Å²) in [6.07, 6.45) is 4.74. The molecule has 1 aromatic carbocycles. The van der Waals surface area contributed by atoms with Gasteiger partial charge in [-0.2, -0.15) is 0 Å². The molecule has 0 saturated carbocycles. The minimum atomic E-state index is 0.585. The normalized spacial score (nSPS) is 11.6. The molecule has 0 heterocycles. The Kier molecular flexibility index (Phi) is 6.26. The van der Waals surface area contributed by atoms with Gasteiger partial charge < -0.3 is 9.94 Å². The Bertz CT molecular complexity index is 399. The van der Waals surface area contributed by atoms with Crippen LogP contribution in [0.25, 0.3) is 0 Å². The summed E-state index contributed by atoms with van der Waals surface area (Å²) < 4.78 is 5.77. The lowest BCUT2D eigenvalue weighted by Crippen LogP contribution is -2.04. The molecule has 0 amide bonds. The molecule has 0 aromatic heterocycles. The van der Waals surface area contributed by atoms with Crippen LogP contribution in [-0.4, -0.2) is 17.5 Å². The van der Waals surface area contributed by atoms with E-state index in [1.807, 2.05) is 25.1 Å². The third kappa shape index (κ3) is 4.40. The maximum atomic E-state index is 8.88. The average molecular weight is 249 g/mol. The summed E-state index contributed by atoms with van der Waals surface area (Å²) >= 11 is 0. The van der Waals surface area contributed by atoms with Crippen LogP contribution < -0.4 is 4.74 Å². The predicted octanol–water partition coefficient (Wildman–Crippen LogP) is 4.15. The second kappa shape index (κ2) is 7.75. The Morgan fingerprint density at radius 3 is 2.72 bits per heavy atom. The minimum absolute atomic E-state index is 0.585. The zero-order valence-electron chi connectivity index (χ0n) is 11.6. The standard InChI is InChI=1S/C15H23NO2/c1-4-5-6-7-10-18-15-9-8-12(2)11-14(15)13(3)16-17/h8-9,11,17H,4-7,10H2,1-3H3/b16-13+. The number of oxime groups is 1. The Labute approximate surface area is 109 Å². The second-order valence-electron chi connectivity index (χ2n) is 4.59. The summed E-state index contributed by atoms with van der Waals surface area (Å²) in [4.78, 5) is 0. The molecule has 0 spiro atoms. The van der Waals surface area contributed by atoms with Crippen molar-refractivity contribution in [2.75, 3.05) is 6.61 Å². The van der Waals surface area contributed by atoms with Crippen LogP contribution in [0.2, 0.25) is 0 Å². The average Bonchev–Trinajstić information content (AvgIpc) is 2.39. The molecule has 3 heteroatoms. The molecule has 0 aliphatic heterocycles. The summed E-state index contributed by atoms with van der Waals surface area (Å²) in [6, 6.07) is 5.94. The molecule has 0 aliphatic carbocycles. The first-order valence-corrected chi connectivity index (χ1v) is 6.61. The van der Waals surface area contributed by atoms with E-state index in [1.54, 1.807) is 6.92 Å². The molecular weight excluding hydrogens is 226 g/mol. The number of ether oxygens (including phenoxy) is 1. The van der Waals surface area contributed by atoms with E-state index < -0.39 is 0 Å². The highest BCUT2D eigenvalue weighted by atomic mass is 16.5. The molecule has 100 valence electrons. The highest BCUT2D eigenvalue weighted by molar-refractivity contribution is 6.00. The van der Waals surface area contributed by atoms with Crippen molar-refractivity contribution in [2.24, 2.45) is 5.16 Å². The van der Waals surface area contributed by atoms with Crippen LogP contribution in [0.4, 0.5) is 0 Å². The summed E-state index contributed by atoms with van der Waals surface area (Å²) in [5, 5.41) is 12.1. The van der Waals surface area contributed by atoms with Crippen molar-refractivity contribution in [2.45, 2.75) is 46.5 Å². The molecule has 18 heavy (non-hydrogen) atoms. The van der Waals surface area contributed by atoms with Crippen molar-refractivity contribution in [3.8, 4) is 5.75 Å². The van der Waals surface area contributed by atoms with Gasteiger partial charge in [0, 0.05) is 5.56 Å². The van der Waals surface area contributed by atoms with Crippen molar-refractivity contribution in [1.82, 2.24) is 0 Å². The number of nitrogens with zero attached hydrogens (tertiary/aromatic N) is 1. The van der Waals surface area contributed by atoms with Gasteiger partial charge in [0.2, 0.25) is 0 Å². The summed E-state index contributed by atoms with van der Waals surface area (Å²) in [5.41, 5.74) is 2.58. The third-order valence-electron chi connectivity index (χ3n) is 2.93. The van der Waals surface area contributed by atoms with E-state index in [2.05, 4.69) is 12.1 Å². The number of aryl methyl sites for hydroxylation is 1. The molecule has 0 atom stereocenters. The van der Waals surface area contributed by atoms with Crippen LogP contribution in [-0.2, 0) is 0 Å². The monoisotopic (exact) mass is 249 g/mol. The summed E-state index contributed by atoms with van der Waals surface area (Å²) in [5.74, 6) is 0.799. The zero-order chi connectivity index (χ0) is 13.4. The quantitative estimate of drug-likeness (QED) is 0.341. The Morgan fingerprint density at radius 2 is 2.06 bits per heavy atom. The summed E-state index contributed by atoms with van der Waals surface area (Å²) in [6.45, 7) is 6.70. The van der Waals surface area contributed by atoms with E-state index in [1.165, 1.54) is 19.3 Å². The first-order chi connectivity index (χ1) is 8.69. The molecule has 3 nitrogen and oxygen atoms in total. The van der Waals surface area contributed by atoms with Gasteiger partial charge in [-0.25, -0.2) is 0 Å². The topological polar surface area (TPSA) is 41.8 Å². The van der Waals surface area contributed by atoms with E-state index >= 15 is 0 Å². The van der Waals surface area contributed by atoms with Crippen molar-refractivity contribution < 1.29 is 9.94 Å². The van der Waals surface area contributed by atoms with Crippen LogP contribution in [0.5, 0.6) is 5.75 Å². The molecular formula is C15H23NO2. The molecule has 1 aromatic rings. The number of benzene rings is 1. The Hall–Kier alpha value is -1.51. The zero-order valence-corrected chi connectivity index (χ0v) is 11.6. The van der Waals surface area contributed by atoms with Gasteiger partial charge in [0.05, 0.1) is 12.3 Å². The molecule has 0 saturated heterocycles. The van der Waals surface area contributed by atoms with E-state index in [0.717, 1.165) is 29.9 Å². The first kappa shape index (κ1) is 14.6. The lowest BCUT2D eigenvalue weighted by atomic mass is 10.1. The fourth-order valence-electron chi connectivity index (χ4n) is 1.82. The van der Waals surface area contributed by atoms with Crippen molar-refractivity contribution in [3.05, 3.63) is 29.3 Å². The maximum Gasteiger partial charge on any atom is 0.128 e. The first-order valence-electron chi connectivity index (χ1n) is 6.61. The fraction of sp³-hybridized carbons (Fsp3) is 0.533. The van der Waals surface area contributed by atoms with E-state index in [-0.39, 0.29) is 0 Å². The largest absolute Gasteiger partial charge is 0.493 e. The fourth-order valence-corrected chi connectivity index (χ4v) is 1.82. The van der Waals surface area contributed by atoms with Gasteiger partial charge in [-0.15, -0.1) is 0 Å². The van der Waals surface area contributed by atoms with Crippen LogP contribution in [0.15, 0.2) is 23.4 Å². The molecule has 0 bridgehead atoms. The molecule has 0 radical (unpaired) electrons. The van der Waals surface area contributed by atoms with Gasteiger partial charge in [-0.05, 0) is 32.4 Å². The number of hydrogen-bond acceptors (Lipinski definition) is 3. The Morgan fingerprint density at radius 1 is 1.28 bits per heavy atom. The number of rotatable bonds is 7. The molecule has 0 aliphatic rings. The van der Waals surface area contributed by atoms with E-state index in [4.69, 9.17) is 9.94 Å². The number of unbranched alkanes of at least 4 members (excludes halogenated alkanes) is 3. The molecule has 0 fully saturated rings. The Balaban J connectivity index is 2.64. The van der Waals surface area contributed by atoms with Gasteiger partial charge in [0.25, 0.3) is 0 Å². The maximum absolute atomic E-state index is 8.88. The lowest BCUT2D eigenvalue weighted by molar-refractivity contribution is 0.302. The van der Waals surface area contributed by atoms with Crippen LogP contribution in [0, 0.1) is 6.92 Å². The van der Waals surface area contributed by atoms with Gasteiger partial charge in [0.1, 0.15) is 5.75 Å². The van der Waals surface area contributed by atoms with E-state index in [9.17, 15) is 0 Å².